The molecule has 122 valence electrons. The van der Waals surface area contributed by atoms with Gasteiger partial charge in [-0.3, -0.25) is 9.36 Å². The van der Waals surface area contributed by atoms with E-state index < -0.39 is 11.6 Å². The number of nitrogens with one attached hydrogen (secondary N) is 1. The van der Waals surface area contributed by atoms with E-state index in [1.165, 1.54) is 16.7 Å². The maximum atomic E-state index is 13.6. The second-order valence-electron chi connectivity index (χ2n) is 5.41. The minimum Gasteiger partial charge on any atom is -0.408 e. The number of hydrogen-bond acceptors (Lipinski definition) is 3. The zero-order valence-electron chi connectivity index (χ0n) is 13.2. The minimum atomic E-state index is -0.468. The molecule has 0 atom stereocenters. The zero-order valence-corrected chi connectivity index (χ0v) is 13.2. The first-order valence-electron chi connectivity index (χ1n) is 7.29. The highest BCUT2D eigenvalue weighted by atomic mass is 19.1. The second kappa shape index (κ2) is 6.16. The minimum absolute atomic E-state index is 0.342. The van der Waals surface area contributed by atoms with Gasteiger partial charge in [0.2, 0.25) is 0 Å². The molecule has 0 aliphatic rings. The molecule has 1 amide bonds. The Morgan fingerprint density at radius 3 is 2.75 bits per heavy atom. The normalized spacial score (nSPS) is 11.7. The summed E-state index contributed by atoms with van der Waals surface area (Å²) in [6, 6.07) is 11.2. The summed E-state index contributed by atoms with van der Waals surface area (Å²) in [5.74, 6) is -1.22. The Morgan fingerprint density at radius 2 is 2.00 bits per heavy atom. The largest absolute Gasteiger partial charge is 0.419 e. The average Bonchev–Trinajstić information content (AvgIpc) is 2.83. The molecule has 1 aromatic heterocycles. The van der Waals surface area contributed by atoms with Crippen LogP contribution in [0.1, 0.15) is 12.5 Å². The molecule has 24 heavy (non-hydrogen) atoms. The van der Waals surface area contributed by atoms with Gasteiger partial charge in [-0.25, -0.2) is 9.18 Å². The van der Waals surface area contributed by atoms with Crippen molar-refractivity contribution in [1.82, 2.24) is 4.57 Å². The molecule has 1 N–H and O–H groups in total. The third-order valence-corrected chi connectivity index (χ3v) is 3.69. The Kier molecular flexibility index (Phi) is 4.04. The molecule has 2 aromatic carbocycles. The van der Waals surface area contributed by atoms with E-state index in [1.807, 2.05) is 0 Å². The first-order valence-corrected chi connectivity index (χ1v) is 7.29. The predicted molar refractivity (Wildman–Crippen MR) is 90.1 cm³/mol. The lowest BCUT2D eigenvalue weighted by Crippen LogP contribution is -2.12. The van der Waals surface area contributed by atoms with Crippen molar-refractivity contribution in [2.75, 3.05) is 5.32 Å². The van der Waals surface area contributed by atoms with Crippen molar-refractivity contribution in [3.05, 3.63) is 70.0 Å². The lowest BCUT2D eigenvalue weighted by molar-refractivity contribution is -0.112. The maximum absolute atomic E-state index is 13.6. The number of hydrogen-bond donors (Lipinski definition) is 1. The van der Waals surface area contributed by atoms with Gasteiger partial charge in [0.15, 0.2) is 5.58 Å². The molecule has 0 radical (unpaired) electrons. The first kappa shape index (κ1) is 15.7. The van der Waals surface area contributed by atoms with Crippen molar-refractivity contribution in [1.29, 1.82) is 0 Å². The fourth-order valence-electron chi connectivity index (χ4n) is 2.33. The molecular weight excluding hydrogens is 311 g/mol. The number of fused-ring (bicyclic) bond motifs is 1. The first-order chi connectivity index (χ1) is 11.5. The highest BCUT2D eigenvalue weighted by Crippen LogP contribution is 2.19. The average molecular weight is 326 g/mol. The lowest BCUT2D eigenvalue weighted by Gasteiger charge is -2.06. The molecule has 0 fully saturated rings. The summed E-state index contributed by atoms with van der Waals surface area (Å²) in [6.07, 6.45) is 1.48. The van der Waals surface area contributed by atoms with Crippen LogP contribution < -0.4 is 11.1 Å². The van der Waals surface area contributed by atoms with Crippen molar-refractivity contribution in [3.8, 4) is 0 Å². The monoisotopic (exact) mass is 326 g/mol. The highest BCUT2D eigenvalue weighted by molar-refractivity contribution is 6.06. The van der Waals surface area contributed by atoms with E-state index in [9.17, 15) is 14.0 Å². The topological polar surface area (TPSA) is 64.2 Å². The van der Waals surface area contributed by atoms with E-state index in [2.05, 4.69) is 5.32 Å². The predicted octanol–water partition coefficient (Wildman–Crippen LogP) is 3.31. The van der Waals surface area contributed by atoms with Crippen molar-refractivity contribution in [3.63, 3.8) is 0 Å². The molecular formula is C18H15FN2O3. The van der Waals surface area contributed by atoms with Gasteiger partial charge >= 0.3 is 5.76 Å². The van der Waals surface area contributed by atoms with Crippen LogP contribution in [0.2, 0.25) is 0 Å². The van der Waals surface area contributed by atoms with E-state index in [1.54, 1.807) is 50.4 Å². The number of aryl methyl sites for hydroxylation is 1. The van der Waals surface area contributed by atoms with Gasteiger partial charge in [0.25, 0.3) is 5.91 Å². The number of rotatable bonds is 3. The van der Waals surface area contributed by atoms with Gasteiger partial charge in [-0.2, -0.15) is 0 Å². The van der Waals surface area contributed by atoms with Crippen molar-refractivity contribution >= 4 is 28.8 Å². The molecule has 0 aliphatic heterocycles. The number of anilines is 1. The number of halogens is 1. The van der Waals surface area contributed by atoms with Crippen LogP contribution in [0.15, 0.2) is 57.2 Å². The van der Waals surface area contributed by atoms with Crippen LogP contribution in [0.4, 0.5) is 10.1 Å². The van der Waals surface area contributed by atoms with Gasteiger partial charge in [-0.15, -0.1) is 0 Å². The Bertz CT molecular complexity index is 1010. The summed E-state index contributed by atoms with van der Waals surface area (Å²) in [7, 11) is 1.60. The maximum Gasteiger partial charge on any atom is 0.419 e. The van der Waals surface area contributed by atoms with E-state index in [4.69, 9.17) is 4.42 Å². The molecule has 5 nitrogen and oxygen atoms in total. The third-order valence-electron chi connectivity index (χ3n) is 3.69. The number of carbonyl (C=O) groups is 1. The quantitative estimate of drug-likeness (QED) is 0.751. The fraction of sp³-hybridized carbons (Fsp3) is 0.111. The van der Waals surface area contributed by atoms with Crippen LogP contribution in [-0.4, -0.2) is 10.5 Å². The Morgan fingerprint density at radius 1 is 1.25 bits per heavy atom. The van der Waals surface area contributed by atoms with Gasteiger partial charge in [0.1, 0.15) is 5.82 Å². The smallest absolute Gasteiger partial charge is 0.408 e. The van der Waals surface area contributed by atoms with Crippen molar-refractivity contribution < 1.29 is 13.6 Å². The van der Waals surface area contributed by atoms with Gasteiger partial charge in [-0.1, -0.05) is 18.2 Å². The summed E-state index contributed by atoms with van der Waals surface area (Å²) < 4.78 is 20.1. The molecule has 0 saturated heterocycles. The SMILES string of the molecule is C/C(=C\c1ccccc1F)C(=O)Nc1ccc2c(c1)oc(=O)n2C. The number of amides is 1. The molecule has 3 rings (SSSR count). The Balaban J connectivity index is 1.84. The molecule has 0 unspecified atom stereocenters. The van der Waals surface area contributed by atoms with Crippen LogP contribution in [0.3, 0.4) is 0 Å². The zero-order chi connectivity index (χ0) is 17.3. The summed E-state index contributed by atoms with van der Waals surface area (Å²) in [6.45, 7) is 1.60. The van der Waals surface area contributed by atoms with Crippen molar-refractivity contribution in [2.45, 2.75) is 6.92 Å². The number of nitrogens with zero attached hydrogens (tertiary/aromatic N) is 1. The number of oxazole rings is 1. The summed E-state index contributed by atoms with van der Waals surface area (Å²) in [5.41, 5.74) is 2.21. The molecule has 0 aliphatic carbocycles. The Labute approximate surface area is 137 Å². The molecule has 0 spiro atoms. The fourth-order valence-corrected chi connectivity index (χ4v) is 2.33. The number of carbonyl (C=O) groups excluding carboxylic acids is 1. The van der Waals surface area contributed by atoms with Crippen LogP contribution in [0.5, 0.6) is 0 Å². The molecule has 6 heteroatoms. The van der Waals surface area contributed by atoms with Crippen LogP contribution in [0.25, 0.3) is 17.2 Å². The molecule has 1 heterocycles. The van der Waals surface area contributed by atoms with E-state index in [0.717, 1.165) is 0 Å². The molecule has 0 bridgehead atoms. The van der Waals surface area contributed by atoms with E-state index in [0.29, 0.717) is 27.9 Å². The third kappa shape index (κ3) is 2.99. The highest BCUT2D eigenvalue weighted by Gasteiger charge is 2.10. The lowest BCUT2D eigenvalue weighted by atomic mass is 10.1. The second-order valence-corrected chi connectivity index (χ2v) is 5.41. The molecule has 0 saturated carbocycles. The summed E-state index contributed by atoms with van der Waals surface area (Å²) in [5, 5.41) is 2.70. The van der Waals surface area contributed by atoms with E-state index >= 15 is 0 Å². The van der Waals surface area contributed by atoms with Gasteiger partial charge in [-0.05, 0) is 31.2 Å². The van der Waals surface area contributed by atoms with E-state index in [-0.39, 0.29) is 5.91 Å². The van der Waals surface area contributed by atoms with Crippen molar-refractivity contribution in [2.24, 2.45) is 7.05 Å². The van der Waals surface area contributed by atoms with Gasteiger partial charge in [0.05, 0.1) is 5.52 Å². The standard InChI is InChI=1S/C18H15FN2O3/c1-11(9-12-5-3-4-6-14(12)19)17(22)20-13-7-8-15-16(10-13)24-18(23)21(15)2/h3-10H,1-2H3,(H,20,22)/b11-9+. The summed E-state index contributed by atoms with van der Waals surface area (Å²) >= 11 is 0. The van der Waals surface area contributed by atoms with Gasteiger partial charge in [0, 0.05) is 29.9 Å². The summed E-state index contributed by atoms with van der Waals surface area (Å²) in [4.78, 5) is 23.7. The Hall–Kier alpha value is -3.15. The number of benzene rings is 2. The molecule has 3 aromatic rings. The van der Waals surface area contributed by atoms with Gasteiger partial charge < -0.3 is 9.73 Å². The van der Waals surface area contributed by atoms with Crippen LogP contribution >= 0.6 is 0 Å². The van der Waals surface area contributed by atoms with Crippen LogP contribution in [0, 0.1) is 5.82 Å². The van der Waals surface area contributed by atoms with Crippen LogP contribution in [-0.2, 0) is 11.8 Å². The number of aromatic nitrogens is 1.